The molecule has 1 heterocycles. The van der Waals surface area contributed by atoms with E-state index in [4.69, 9.17) is 5.14 Å². The average Bonchev–Trinajstić information content (AvgIpc) is 2.91. The lowest BCUT2D eigenvalue weighted by Crippen LogP contribution is -2.16. The second kappa shape index (κ2) is 7.17. The number of nitrogens with one attached hydrogen (secondary N) is 1. The molecule has 0 aliphatic heterocycles. The highest BCUT2D eigenvalue weighted by molar-refractivity contribution is 7.89. The van der Waals surface area contributed by atoms with Crippen LogP contribution in [-0.4, -0.2) is 15.0 Å². The number of rotatable bonds is 7. The normalized spacial score (nSPS) is 11.7. The fourth-order valence-electron chi connectivity index (χ4n) is 2.00. The van der Waals surface area contributed by atoms with Gasteiger partial charge in [-0.15, -0.1) is 11.3 Å². The lowest BCUT2D eigenvalue weighted by Gasteiger charge is -2.04. The van der Waals surface area contributed by atoms with Crippen LogP contribution in [0, 0.1) is 0 Å². The Morgan fingerprint density at radius 2 is 1.76 bits per heavy atom. The number of hydrogen-bond acceptors (Lipinski definition) is 4. The molecule has 0 aliphatic rings. The van der Waals surface area contributed by atoms with Gasteiger partial charge in [-0.05, 0) is 49.2 Å². The Morgan fingerprint density at radius 1 is 1.10 bits per heavy atom. The summed E-state index contributed by atoms with van der Waals surface area (Å²) in [5.41, 5.74) is 1.09. The predicted octanol–water partition coefficient (Wildman–Crippen LogP) is 2.29. The van der Waals surface area contributed by atoms with Gasteiger partial charge < -0.3 is 5.32 Å². The first-order valence-corrected chi connectivity index (χ1v) is 9.25. The van der Waals surface area contributed by atoms with Crippen LogP contribution in [-0.2, 0) is 29.4 Å². The summed E-state index contributed by atoms with van der Waals surface area (Å²) in [5.74, 6) is 0. The Morgan fingerprint density at radius 3 is 2.33 bits per heavy atom. The second-order valence-electron chi connectivity index (χ2n) is 4.84. The van der Waals surface area contributed by atoms with Gasteiger partial charge in [0.15, 0.2) is 0 Å². The molecule has 0 radical (unpaired) electrons. The summed E-state index contributed by atoms with van der Waals surface area (Å²) in [5, 5.41) is 8.47. The van der Waals surface area contributed by atoms with E-state index in [1.54, 1.807) is 12.1 Å². The first-order valence-electron chi connectivity index (χ1n) is 6.89. The van der Waals surface area contributed by atoms with Crippen molar-refractivity contribution in [1.82, 2.24) is 5.32 Å². The monoisotopic (exact) mass is 324 g/mol. The van der Waals surface area contributed by atoms with Crippen molar-refractivity contribution in [2.24, 2.45) is 5.14 Å². The summed E-state index contributed by atoms with van der Waals surface area (Å²) >= 11 is 1.84. The minimum absolute atomic E-state index is 0.157. The highest BCUT2D eigenvalue weighted by Crippen LogP contribution is 2.16. The number of benzene rings is 1. The summed E-state index contributed by atoms with van der Waals surface area (Å²) < 4.78 is 22.3. The van der Waals surface area contributed by atoms with E-state index in [1.165, 1.54) is 9.75 Å². The van der Waals surface area contributed by atoms with E-state index in [0.717, 1.165) is 31.5 Å². The summed E-state index contributed by atoms with van der Waals surface area (Å²) in [7, 11) is -3.60. The molecule has 0 amide bonds. The van der Waals surface area contributed by atoms with Crippen molar-refractivity contribution in [3.63, 3.8) is 0 Å². The zero-order valence-corrected chi connectivity index (χ0v) is 13.6. The molecular formula is C15H20N2O2S2. The molecule has 0 unspecified atom stereocenters. The highest BCUT2D eigenvalue weighted by atomic mass is 32.2. The third kappa shape index (κ3) is 4.93. The van der Waals surface area contributed by atoms with Gasteiger partial charge in [-0.1, -0.05) is 19.1 Å². The number of sulfonamides is 1. The number of hydrogen-bond donors (Lipinski definition) is 2. The first-order chi connectivity index (χ1) is 9.99. The zero-order chi connectivity index (χ0) is 15.3. The highest BCUT2D eigenvalue weighted by Gasteiger charge is 2.06. The van der Waals surface area contributed by atoms with Crippen molar-refractivity contribution >= 4 is 21.4 Å². The molecule has 1 aromatic heterocycles. The van der Waals surface area contributed by atoms with E-state index in [0.29, 0.717) is 0 Å². The largest absolute Gasteiger partial charge is 0.312 e. The van der Waals surface area contributed by atoms with Gasteiger partial charge in [0, 0.05) is 16.3 Å². The Kier molecular flexibility index (Phi) is 5.52. The molecular weight excluding hydrogens is 304 g/mol. The lowest BCUT2D eigenvalue weighted by molar-refractivity contribution is 0.597. The summed E-state index contributed by atoms with van der Waals surface area (Å²) in [4.78, 5) is 2.91. The summed E-state index contributed by atoms with van der Waals surface area (Å²) in [6, 6.07) is 11.1. The van der Waals surface area contributed by atoms with E-state index in [1.807, 2.05) is 23.5 Å². The van der Waals surface area contributed by atoms with Crippen LogP contribution in [0.3, 0.4) is 0 Å². The van der Waals surface area contributed by atoms with E-state index in [9.17, 15) is 8.42 Å². The number of nitrogens with two attached hydrogens (primary N) is 1. The van der Waals surface area contributed by atoms with E-state index in [2.05, 4.69) is 24.4 Å². The maximum absolute atomic E-state index is 11.2. The third-order valence-electron chi connectivity index (χ3n) is 3.21. The van der Waals surface area contributed by atoms with Crippen LogP contribution in [0.2, 0.25) is 0 Å². The molecule has 0 fully saturated rings. The van der Waals surface area contributed by atoms with Gasteiger partial charge >= 0.3 is 0 Å². The fraction of sp³-hybridized carbons (Fsp3) is 0.333. The van der Waals surface area contributed by atoms with Crippen LogP contribution >= 0.6 is 11.3 Å². The van der Waals surface area contributed by atoms with E-state index >= 15 is 0 Å². The van der Waals surface area contributed by atoms with Gasteiger partial charge in [0.25, 0.3) is 0 Å². The number of primary sulfonamides is 1. The first kappa shape index (κ1) is 16.2. The number of thiophene rings is 1. The van der Waals surface area contributed by atoms with Crippen LogP contribution in [0.1, 0.15) is 22.2 Å². The van der Waals surface area contributed by atoms with Crippen molar-refractivity contribution in [3.8, 4) is 0 Å². The molecule has 1 aromatic carbocycles. The van der Waals surface area contributed by atoms with Crippen LogP contribution in [0.25, 0.3) is 0 Å². The molecule has 6 heteroatoms. The van der Waals surface area contributed by atoms with Gasteiger partial charge in [0.1, 0.15) is 0 Å². The van der Waals surface area contributed by atoms with Crippen molar-refractivity contribution < 1.29 is 8.42 Å². The molecule has 3 N–H and O–H groups in total. The van der Waals surface area contributed by atoms with Crippen molar-refractivity contribution in [2.45, 2.75) is 31.2 Å². The molecule has 0 spiro atoms. The molecule has 0 atom stereocenters. The molecule has 0 bridgehead atoms. The molecule has 2 rings (SSSR count). The molecule has 0 saturated carbocycles. The van der Waals surface area contributed by atoms with Gasteiger partial charge in [0.2, 0.25) is 10.0 Å². The Labute approximate surface area is 130 Å². The van der Waals surface area contributed by atoms with E-state index < -0.39 is 10.0 Å². The van der Waals surface area contributed by atoms with Crippen LogP contribution in [0.5, 0.6) is 0 Å². The summed E-state index contributed by atoms with van der Waals surface area (Å²) in [6.07, 6.45) is 1.94. The number of aryl methyl sites for hydroxylation is 1. The maximum atomic E-state index is 11.2. The van der Waals surface area contributed by atoms with Crippen molar-refractivity contribution in [3.05, 3.63) is 51.7 Å². The van der Waals surface area contributed by atoms with Gasteiger partial charge in [0.05, 0.1) is 4.90 Å². The molecule has 0 aliphatic carbocycles. The Balaban J connectivity index is 1.78. The zero-order valence-electron chi connectivity index (χ0n) is 12.0. The smallest absolute Gasteiger partial charge is 0.238 e. The van der Waals surface area contributed by atoms with Crippen LogP contribution in [0.15, 0.2) is 41.3 Å². The Hall–Kier alpha value is -1.21. The van der Waals surface area contributed by atoms with E-state index in [-0.39, 0.29) is 4.90 Å². The average molecular weight is 324 g/mol. The summed E-state index contributed by atoms with van der Waals surface area (Å²) in [6.45, 7) is 3.89. The third-order valence-corrected chi connectivity index (χ3v) is 5.37. The fourth-order valence-corrected chi connectivity index (χ4v) is 3.44. The molecule has 21 heavy (non-hydrogen) atoms. The van der Waals surface area contributed by atoms with Gasteiger partial charge in [-0.2, -0.15) is 0 Å². The van der Waals surface area contributed by atoms with Crippen molar-refractivity contribution in [2.75, 3.05) is 6.54 Å². The van der Waals surface area contributed by atoms with Crippen LogP contribution < -0.4 is 10.5 Å². The SMILES string of the molecule is CCc1ccc(CNCCc2ccc(S(N)(=O)=O)cc2)s1. The quantitative estimate of drug-likeness (QED) is 0.768. The molecule has 114 valence electrons. The van der Waals surface area contributed by atoms with Gasteiger partial charge in [-0.3, -0.25) is 0 Å². The standard InChI is InChI=1S/C15H20N2O2S2/c1-2-13-5-6-14(20-13)11-17-10-9-12-3-7-15(8-4-12)21(16,18)19/h3-8,17H,2,9-11H2,1H3,(H2,16,18,19). The Bertz CT molecular complexity index is 676. The topological polar surface area (TPSA) is 72.2 Å². The van der Waals surface area contributed by atoms with Gasteiger partial charge in [-0.25, -0.2) is 13.6 Å². The molecule has 0 saturated heterocycles. The molecule has 4 nitrogen and oxygen atoms in total. The second-order valence-corrected chi connectivity index (χ2v) is 7.65. The van der Waals surface area contributed by atoms with Crippen molar-refractivity contribution in [1.29, 1.82) is 0 Å². The maximum Gasteiger partial charge on any atom is 0.238 e. The minimum Gasteiger partial charge on any atom is -0.312 e. The molecule has 2 aromatic rings. The predicted molar refractivity (Wildman–Crippen MR) is 86.9 cm³/mol. The lowest BCUT2D eigenvalue weighted by atomic mass is 10.1. The van der Waals surface area contributed by atoms with Crippen LogP contribution in [0.4, 0.5) is 0 Å². The minimum atomic E-state index is -3.60.